The van der Waals surface area contributed by atoms with Gasteiger partial charge < -0.3 is 5.11 Å². The number of aliphatic hydroxyl groups is 1. The van der Waals surface area contributed by atoms with Gasteiger partial charge in [-0.3, -0.25) is 14.5 Å². The Morgan fingerprint density at radius 3 is 2.22 bits per heavy atom. The van der Waals surface area contributed by atoms with Gasteiger partial charge in [0.25, 0.3) is 11.8 Å². The number of hydrogen-bond acceptors (Lipinski definition) is 4. The maximum absolute atomic E-state index is 12.0. The molecule has 96 valence electrons. The minimum Gasteiger partial charge on any atom is -0.396 e. The van der Waals surface area contributed by atoms with E-state index in [4.69, 9.17) is 5.11 Å². The molecule has 2 amide bonds. The van der Waals surface area contributed by atoms with Crippen LogP contribution in [-0.2, 0) is 0 Å². The van der Waals surface area contributed by atoms with Gasteiger partial charge in [-0.05, 0) is 24.3 Å². The molecule has 4 nitrogen and oxygen atoms in total. The predicted molar refractivity (Wildman–Crippen MR) is 70.8 cm³/mol. The van der Waals surface area contributed by atoms with Crippen LogP contribution in [0, 0.1) is 0 Å². The van der Waals surface area contributed by atoms with E-state index in [-0.39, 0.29) is 18.4 Å². The molecule has 0 fully saturated rings. The number of imide groups is 1. The quantitative estimate of drug-likeness (QED) is 0.624. The van der Waals surface area contributed by atoms with Crippen molar-refractivity contribution < 1.29 is 14.7 Å². The minimum atomic E-state index is -0.192. The molecule has 1 N–H and O–H groups in total. The van der Waals surface area contributed by atoms with Crippen LogP contribution in [-0.4, -0.2) is 46.5 Å². The minimum absolute atomic E-state index is 0.164. The van der Waals surface area contributed by atoms with Crippen molar-refractivity contribution in [1.82, 2.24) is 4.90 Å². The summed E-state index contributed by atoms with van der Waals surface area (Å²) in [5, 5.41) is 8.64. The Morgan fingerprint density at radius 2 is 1.67 bits per heavy atom. The van der Waals surface area contributed by atoms with E-state index < -0.39 is 0 Å². The molecule has 0 spiro atoms. The standard InChI is InChI=1S/C13H15NO3S/c15-7-9-18-8-3-6-14-12(16)10-4-1-2-5-11(10)13(14)17/h1-2,4-5,15H,3,6-9H2. The fourth-order valence-electron chi connectivity index (χ4n) is 1.93. The van der Waals surface area contributed by atoms with Crippen molar-refractivity contribution in [2.75, 3.05) is 24.7 Å². The maximum Gasteiger partial charge on any atom is 0.261 e. The summed E-state index contributed by atoms with van der Waals surface area (Å²) in [4.78, 5) is 25.3. The van der Waals surface area contributed by atoms with E-state index in [0.717, 1.165) is 12.2 Å². The van der Waals surface area contributed by atoms with E-state index in [1.54, 1.807) is 36.0 Å². The SMILES string of the molecule is O=C1c2ccccc2C(=O)N1CCCSCCO. The average molecular weight is 265 g/mol. The van der Waals surface area contributed by atoms with Crippen molar-refractivity contribution in [3.05, 3.63) is 35.4 Å². The van der Waals surface area contributed by atoms with E-state index in [9.17, 15) is 9.59 Å². The Bertz CT molecular complexity index is 426. The van der Waals surface area contributed by atoms with Gasteiger partial charge in [-0.15, -0.1) is 0 Å². The molecule has 5 heteroatoms. The number of rotatable bonds is 6. The lowest BCUT2D eigenvalue weighted by Gasteiger charge is -2.13. The van der Waals surface area contributed by atoms with Crippen LogP contribution in [0.3, 0.4) is 0 Å². The van der Waals surface area contributed by atoms with Crippen LogP contribution in [0.5, 0.6) is 0 Å². The summed E-state index contributed by atoms with van der Waals surface area (Å²) in [6.45, 7) is 0.614. The first kappa shape index (κ1) is 13.1. The second kappa shape index (κ2) is 6.02. The first-order chi connectivity index (χ1) is 8.75. The van der Waals surface area contributed by atoms with E-state index in [2.05, 4.69) is 0 Å². The summed E-state index contributed by atoms with van der Waals surface area (Å²) in [6.07, 6.45) is 0.760. The number of aliphatic hydroxyl groups excluding tert-OH is 1. The molecule has 1 aromatic carbocycles. The van der Waals surface area contributed by atoms with Gasteiger partial charge in [0.1, 0.15) is 0 Å². The predicted octanol–water partition coefficient (Wildman–Crippen LogP) is 1.40. The molecule has 0 radical (unpaired) electrons. The Morgan fingerprint density at radius 1 is 1.06 bits per heavy atom. The van der Waals surface area contributed by atoms with E-state index in [0.29, 0.717) is 23.4 Å². The molecule has 2 rings (SSSR count). The highest BCUT2D eigenvalue weighted by Crippen LogP contribution is 2.22. The topological polar surface area (TPSA) is 57.6 Å². The van der Waals surface area contributed by atoms with Gasteiger partial charge in [-0.1, -0.05) is 12.1 Å². The van der Waals surface area contributed by atoms with E-state index in [1.807, 2.05) is 0 Å². The molecular weight excluding hydrogens is 250 g/mol. The molecular formula is C13H15NO3S. The van der Waals surface area contributed by atoms with Gasteiger partial charge in [-0.25, -0.2) is 0 Å². The third-order valence-electron chi connectivity index (χ3n) is 2.78. The van der Waals surface area contributed by atoms with Crippen molar-refractivity contribution in [2.24, 2.45) is 0 Å². The first-order valence-corrected chi connectivity index (χ1v) is 7.05. The zero-order chi connectivity index (χ0) is 13.0. The molecule has 0 aliphatic carbocycles. The summed E-state index contributed by atoms with van der Waals surface area (Å²) < 4.78 is 0. The molecule has 0 saturated carbocycles. The highest BCUT2D eigenvalue weighted by atomic mass is 32.2. The Kier molecular flexibility index (Phi) is 4.38. The molecule has 0 aromatic heterocycles. The highest BCUT2D eigenvalue weighted by molar-refractivity contribution is 7.99. The lowest BCUT2D eigenvalue weighted by molar-refractivity contribution is 0.0655. The lowest BCUT2D eigenvalue weighted by atomic mass is 10.1. The number of thioether (sulfide) groups is 1. The number of carbonyl (C=O) groups is 2. The van der Waals surface area contributed by atoms with Crippen LogP contribution < -0.4 is 0 Å². The van der Waals surface area contributed by atoms with Crippen LogP contribution in [0.25, 0.3) is 0 Å². The third kappa shape index (κ3) is 2.57. The molecule has 1 aliphatic rings. The fraction of sp³-hybridized carbons (Fsp3) is 0.385. The van der Waals surface area contributed by atoms with Crippen molar-refractivity contribution in [3.63, 3.8) is 0 Å². The molecule has 1 aromatic rings. The molecule has 1 heterocycles. The number of amides is 2. The van der Waals surface area contributed by atoms with Crippen LogP contribution in [0.15, 0.2) is 24.3 Å². The Hall–Kier alpha value is -1.33. The van der Waals surface area contributed by atoms with Crippen LogP contribution in [0.2, 0.25) is 0 Å². The number of benzene rings is 1. The van der Waals surface area contributed by atoms with Gasteiger partial charge in [0.2, 0.25) is 0 Å². The smallest absolute Gasteiger partial charge is 0.261 e. The summed E-state index contributed by atoms with van der Waals surface area (Å²) in [7, 11) is 0. The second-order valence-corrected chi connectivity index (χ2v) is 5.22. The van der Waals surface area contributed by atoms with Crippen LogP contribution in [0.1, 0.15) is 27.1 Å². The summed E-state index contributed by atoms with van der Waals surface area (Å²) in [5.41, 5.74) is 1.01. The van der Waals surface area contributed by atoms with Crippen molar-refractivity contribution >= 4 is 23.6 Å². The van der Waals surface area contributed by atoms with Gasteiger partial charge in [0, 0.05) is 12.3 Å². The van der Waals surface area contributed by atoms with Gasteiger partial charge in [0.05, 0.1) is 17.7 Å². The maximum atomic E-state index is 12.0. The molecule has 0 bridgehead atoms. The molecule has 0 unspecified atom stereocenters. The molecule has 18 heavy (non-hydrogen) atoms. The molecule has 0 atom stereocenters. The largest absolute Gasteiger partial charge is 0.396 e. The third-order valence-corrected chi connectivity index (χ3v) is 3.83. The van der Waals surface area contributed by atoms with Crippen LogP contribution >= 0.6 is 11.8 Å². The Labute approximate surface area is 110 Å². The normalized spacial score (nSPS) is 14.2. The number of fused-ring (bicyclic) bond motifs is 1. The second-order valence-electron chi connectivity index (χ2n) is 4.00. The lowest BCUT2D eigenvalue weighted by Crippen LogP contribution is -2.31. The number of carbonyl (C=O) groups excluding carboxylic acids is 2. The number of nitrogens with zero attached hydrogens (tertiary/aromatic N) is 1. The van der Waals surface area contributed by atoms with Crippen LogP contribution in [0.4, 0.5) is 0 Å². The van der Waals surface area contributed by atoms with Crippen molar-refractivity contribution in [3.8, 4) is 0 Å². The summed E-state index contributed by atoms with van der Waals surface area (Å²) in [5.74, 6) is 1.15. The monoisotopic (exact) mass is 265 g/mol. The zero-order valence-corrected chi connectivity index (χ0v) is 10.8. The molecule has 0 saturated heterocycles. The van der Waals surface area contributed by atoms with E-state index >= 15 is 0 Å². The van der Waals surface area contributed by atoms with Gasteiger partial charge in [0.15, 0.2) is 0 Å². The highest BCUT2D eigenvalue weighted by Gasteiger charge is 2.34. The van der Waals surface area contributed by atoms with E-state index in [1.165, 1.54) is 4.90 Å². The fourth-order valence-corrected chi connectivity index (χ4v) is 2.60. The number of hydrogen-bond donors (Lipinski definition) is 1. The van der Waals surface area contributed by atoms with Crippen molar-refractivity contribution in [2.45, 2.75) is 6.42 Å². The summed E-state index contributed by atoms with van der Waals surface area (Å²) >= 11 is 1.62. The van der Waals surface area contributed by atoms with Gasteiger partial charge >= 0.3 is 0 Å². The average Bonchev–Trinajstić information content (AvgIpc) is 2.64. The Balaban J connectivity index is 1.93. The zero-order valence-electron chi connectivity index (χ0n) is 9.96. The molecule has 1 aliphatic heterocycles. The first-order valence-electron chi connectivity index (χ1n) is 5.89. The van der Waals surface area contributed by atoms with Gasteiger partial charge in [-0.2, -0.15) is 11.8 Å². The summed E-state index contributed by atoms with van der Waals surface area (Å²) in [6, 6.07) is 6.92. The van der Waals surface area contributed by atoms with Crippen molar-refractivity contribution in [1.29, 1.82) is 0 Å².